The third-order valence-corrected chi connectivity index (χ3v) is 3.25. The minimum absolute atomic E-state index is 0.0245. The fourth-order valence-electron chi connectivity index (χ4n) is 2.05. The summed E-state index contributed by atoms with van der Waals surface area (Å²) in [6, 6.07) is 9.94. The third kappa shape index (κ3) is 2.34. The zero-order valence-corrected chi connectivity index (χ0v) is 9.61. The Morgan fingerprint density at radius 3 is 2.69 bits per heavy atom. The van der Waals surface area contributed by atoms with Gasteiger partial charge in [-0.25, -0.2) is 0 Å². The van der Waals surface area contributed by atoms with Crippen molar-refractivity contribution < 1.29 is 0 Å². The molecule has 0 unspecified atom stereocenters. The Morgan fingerprint density at radius 1 is 1.38 bits per heavy atom. The van der Waals surface area contributed by atoms with Crippen LogP contribution in [0.4, 0.5) is 5.69 Å². The van der Waals surface area contributed by atoms with Crippen LogP contribution in [-0.4, -0.2) is 18.6 Å². The number of rotatable bonds is 1. The van der Waals surface area contributed by atoms with Crippen LogP contribution in [0.2, 0.25) is 0 Å². The lowest BCUT2D eigenvalue weighted by Crippen LogP contribution is -2.48. The minimum Gasteiger partial charge on any atom is -0.371 e. The molecule has 1 aromatic rings. The number of hydrogen-bond donors (Lipinski definition) is 1. The zero-order chi connectivity index (χ0) is 11.6. The first-order valence-corrected chi connectivity index (χ1v) is 5.65. The van der Waals surface area contributed by atoms with Gasteiger partial charge in [0.25, 0.3) is 0 Å². The van der Waals surface area contributed by atoms with E-state index >= 15 is 0 Å². The van der Waals surface area contributed by atoms with Crippen LogP contribution in [0, 0.1) is 11.3 Å². The quantitative estimate of drug-likeness (QED) is 0.778. The van der Waals surface area contributed by atoms with E-state index in [1.165, 1.54) is 0 Å². The van der Waals surface area contributed by atoms with Crippen molar-refractivity contribution in [1.29, 1.82) is 5.26 Å². The van der Waals surface area contributed by atoms with E-state index in [1.807, 2.05) is 18.2 Å². The lowest BCUT2D eigenvalue weighted by molar-refractivity contribution is 0.364. The third-order valence-electron chi connectivity index (χ3n) is 3.25. The average molecular weight is 215 g/mol. The van der Waals surface area contributed by atoms with Crippen molar-refractivity contribution in [3.63, 3.8) is 0 Å². The van der Waals surface area contributed by atoms with Gasteiger partial charge in [0, 0.05) is 24.3 Å². The standard InChI is InChI=1S/C13H17N3/c1-13(15)5-7-16(8-6-13)12-4-2-3-11(9-12)10-14/h2-4,9H,5-8,15H2,1H3. The largest absolute Gasteiger partial charge is 0.371 e. The fraction of sp³-hybridized carbons (Fsp3) is 0.462. The van der Waals surface area contributed by atoms with Gasteiger partial charge in [-0.2, -0.15) is 5.26 Å². The molecule has 0 bridgehead atoms. The Hall–Kier alpha value is -1.53. The Bertz CT molecular complexity index is 407. The lowest BCUT2D eigenvalue weighted by atomic mass is 9.91. The Labute approximate surface area is 96.5 Å². The molecule has 1 aliphatic rings. The summed E-state index contributed by atoms with van der Waals surface area (Å²) in [5.74, 6) is 0. The zero-order valence-electron chi connectivity index (χ0n) is 9.61. The van der Waals surface area contributed by atoms with Crippen LogP contribution < -0.4 is 10.6 Å². The number of nitrogens with zero attached hydrogens (tertiary/aromatic N) is 2. The van der Waals surface area contributed by atoms with Crippen molar-refractivity contribution in [3.8, 4) is 6.07 Å². The second kappa shape index (κ2) is 4.15. The molecule has 1 saturated heterocycles. The van der Waals surface area contributed by atoms with Gasteiger partial charge < -0.3 is 10.6 Å². The Morgan fingerprint density at radius 2 is 2.06 bits per heavy atom. The molecule has 3 nitrogen and oxygen atoms in total. The molecule has 1 aromatic carbocycles. The maximum Gasteiger partial charge on any atom is 0.0992 e. The molecule has 0 radical (unpaired) electrons. The molecule has 2 N–H and O–H groups in total. The molecule has 0 saturated carbocycles. The summed E-state index contributed by atoms with van der Waals surface area (Å²) in [5.41, 5.74) is 7.93. The highest BCUT2D eigenvalue weighted by atomic mass is 15.1. The van der Waals surface area contributed by atoms with E-state index in [0.29, 0.717) is 0 Å². The first kappa shape index (κ1) is 11.0. The SMILES string of the molecule is CC1(N)CCN(c2cccc(C#N)c2)CC1. The molecular weight excluding hydrogens is 198 g/mol. The molecule has 1 heterocycles. The van der Waals surface area contributed by atoms with Crippen molar-refractivity contribution in [2.45, 2.75) is 25.3 Å². The van der Waals surface area contributed by atoms with E-state index in [0.717, 1.165) is 37.2 Å². The van der Waals surface area contributed by atoms with Crippen LogP contribution in [0.3, 0.4) is 0 Å². The molecule has 0 aromatic heterocycles. The lowest BCUT2D eigenvalue weighted by Gasteiger charge is -2.38. The first-order chi connectivity index (χ1) is 7.61. The van der Waals surface area contributed by atoms with Crippen molar-refractivity contribution >= 4 is 5.69 Å². The van der Waals surface area contributed by atoms with Crippen molar-refractivity contribution in [2.75, 3.05) is 18.0 Å². The van der Waals surface area contributed by atoms with Gasteiger partial charge in [0.05, 0.1) is 11.6 Å². The number of hydrogen-bond acceptors (Lipinski definition) is 3. The summed E-state index contributed by atoms with van der Waals surface area (Å²) >= 11 is 0. The van der Waals surface area contributed by atoms with Gasteiger partial charge in [-0.05, 0) is 38.0 Å². The summed E-state index contributed by atoms with van der Waals surface area (Å²) in [6.07, 6.45) is 2.01. The molecule has 1 aliphatic heterocycles. The number of nitriles is 1. The Balaban J connectivity index is 2.11. The van der Waals surface area contributed by atoms with Crippen LogP contribution >= 0.6 is 0 Å². The maximum absolute atomic E-state index is 8.85. The highest BCUT2D eigenvalue weighted by molar-refractivity contribution is 5.51. The maximum atomic E-state index is 8.85. The topological polar surface area (TPSA) is 53.0 Å². The first-order valence-electron chi connectivity index (χ1n) is 5.65. The predicted molar refractivity (Wildman–Crippen MR) is 65.2 cm³/mol. The summed E-state index contributed by atoms with van der Waals surface area (Å²) in [5, 5.41) is 8.85. The van der Waals surface area contributed by atoms with Crippen LogP contribution in [0.15, 0.2) is 24.3 Å². The van der Waals surface area contributed by atoms with E-state index in [2.05, 4.69) is 24.0 Å². The van der Waals surface area contributed by atoms with E-state index in [1.54, 1.807) is 0 Å². The molecule has 0 aliphatic carbocycles. The number of piperidine rings is 1. The van der Waals surface area contributed by atoms with Crippen LogP contribution in [0.5, 0.6) is 0 Å². The smallest absolute Gasteiger partial charge is 0.0992 e. The molecule has 2 rings (SSSR count). The van der Waals surface area contributed by atoms with E-state index in [4.69, 9.17) is 11.0 Å². The predicted octanol–water partition coefficient (Wildman–Crippen LogP) is 1.88. The summed E-state index contributed by atoms with van der Waals surface area (Å²) in [7, 11) is 0. The monoisotopic (exact) mass is 215 g/mol. The van der Waals surface area contributed by atoms with Gasteiger partial charge in [-0.3, -0.25) is 0 Å². The second-order valence-corrected chi connectivity index (χ2v) is 4.80. The molecule has 0 spiro atoms. The molecular formula is C13H17N3. The van der Waals surface area contributed by atoms with E-state index in [-0.39, 0.29) is 5.54 Å². The molecule has 0 amide bonds. The van der Waals surface area contributed by atoms with Crippen LogP contribution in [0.25, 0.3) is 0 Å². The average Bonchev–Trinajstić information content (AvgIpc) is 2.29. The number of anilines is 1. The van der Waals surface area contributed by atoms with Crippen molar-refractivity contribution in [2.24, 2.45) is 5.73 Å². The normalized spacial score (nSPS) is 19.2. The van der Waals surface area contributed by atoms with Crippen LogP contribution in [-0.2, 0) is 0 Å². The van der Waals surface area contributed by atoms with Gasteiger partial charge in [-0.1, -0.05) is 6.07 Å². The molecule has 84 valence electrons. The molecule has 3 heteroatoms. The van der Waals surface area contributed by atoms with Crippen LogP contribution in [0.1, 0.15) is 25.3 Å². The van der Waals surface area contributed by atoms with Gasteiger partial charge in [-0.15, -0.1) is 0 Å². The summed E-state index contributed by atoms with van der Waals surface area (Å²) in [6.45, 7) is 4.06. The number of benzene rings is 1. The van der Waals surface area contributed by atoms with Gasteiger partial charge >= 0.3 is 0 Å². The fourth-order valence-corrected chi connectivity index (χ4v) is 2.05. The molecule has 0 atom stereocenters. The summed E-state index contributed by atoms with van der Waals surface area (Å²) in [4.78, 5) is 2.30. The van der Waals surface area contributed by atoms with Crippen molar-refractivity contribution in [1.82, 2.24) is 0 Å². The van der Waals surface area contributed by atoms with E-state index < -0.39 is 0 Å². The highest BCUT2D eigenvalue weighted by Gasteiger charge is 2.25. The molecule has 1 fully saturated rings. The highest BCUT2D eigenvalue weighted by Crippen LogP contribution is 2.24. The summed E-state index contributed by atoms with van der Waals surface area (Å²) < 4.78 is 0. The minimum atomic E-state index is -0.0245. The number of nitrogens with two attached hydrogens (primary N) is 1. The molecule has 16 heavy (non-hydrogen) atoms. The van der Waals surface area contributed by atoms with Crippen molar-refractivity contribution in [3.05, 3.63) is 29.8 Å². The van der Waals surface area contributed by atoms with Gasteiger partial charge in [0.1, 0.15) is 0 Å². The van der Waals surface area contributed by atoms with Gasteiger partial charge in [0.2, 0.25) is 0 Å². The van der Waals surface area contributed by atoms with Gasteiger partial charge in [0.15, 0.2) is 0 Å². The second-order valence-electron chi connectivity index (χ2n) is 4.80. The Kier molecular flexibility index (Phi) is 2.84. The van der Waals surface area contributed by atoms with E-state index in [9.17, 15) is 0 Å².